The van der Waals surface area contributed by atoms with Crippen molar-refractivity contribution in [3.05, 3.63) is 12.7 Å². The van der Waals surface area contributed by atoms with E-state index in [1.165, 1.54) is 0 Å². The number of hydrogen-bond acceptors (Lipinski definition) is 6. The van der Waals surface area contributed by atoms with Gasteiger partial charge in [-0.05, 0) is 0 Å². The third kappa shape index (κ3) is 39.6. The summed E-state index contributed by atoms with van der Waals surface area (Å²) in [6.07, 6.45) is 0.833. The Hall–Kier alpha value is -0.990. The summed E-state index contributed by atoms with van der Waals surface area (Å²) in [5.41, 5.74) is 0. The van der Waals surface area contributed by atoms with Crippen molar-refractivity contribution >= 4 is 5.97 Å². The Balaban J connectivity index is -0.000000236. The molecule has 0 bridgehead atoms. The molecule has 0 aliphatic rings. The lowest BCUT2D eigenvalue weighted by Crippen LogP contribution is -2.09. The Morgan fingerprint density at radius 2 is 1.35 bits per heavy atom. The van der Waals surface area contributed by atoms with Crippen LogP contribution in [0.2, 0.25) is 0 Å². The van der Waals surface area contributed by atoms with Crippen molar-refractivity contribution in [1.82, 2.24) is 0 Å². The molecule has 0 aliphatic carbocycles. The van der Waals surface area contributed by atoms with Crippen LogP contribution in [0.3, 0.4) is 0 Å². The van der Waals surface area contributed by atoms with Gasteiger partial charge in [-0.25, -0.2) is 4.79 Å². The zero-order valence-electron chi connectivity index (χ0n) is 10.0. The monoisotopic (exact) mass is 254 g/mol. The van der Waals surface area contributed by atoms with Gasteiger partial charge in [-0.1, -0.05) is 6.58 Å². The van der Waals surface area contributed by atoms with Gasteiger partial charge in [0.2, 0.25) is 0 Å². The zero-order chi connectivity index (χ0) is 13.9. The highest BCUT2D eigenvalue weighted by molar-refractivity contribution is 5.78. The standard InChI is InChI=1S/C6H14O4.C3H4O2.CH4O/c7-1-3-9-5-6-10-4-2-8;1-2-3(4)5;1-2/h7-8H,1-6H2;2H,1H2,(H,4,5);2H,1H3. The molecule has 0 saturated heterocycles. The number of aliphatic hydroxyl groups is 3. The summed E-state index contributed by atoms with van der Waals surface area (Å²) in [7, 11) is 1.00. The van der Waals surface area contributed by atoms with E-state index in [0.717, 1.165) is 13.2 Å². The molecular weight excluding hydrogens is 232 g/mol. The first-order valence-electron chi connectivity index (χ1n) is 4.86. The van der Waals surface area contributed by atoms with Crippen molar-refractivity contribution in [1.29, 1.82) is 0 Å². The summed E-state index contributed by atoms with van der Waals surface area (Å²) in [6, 6.07) is 0. The van der Waals surface area contributed by atoms with Crippen LogP contribution in [-0.2, 0) is 14.3 Å². The van der Waals surface area contributed by atoms with Crippen LogP contribution in [0.15, 0.2) is 12.7 Å². The number of aliphatic carboxylic acids is 1. The third-order valence-corrected chi connectivity index (χ3v) is 1.02. The van der Waals surface area contributed by atoms with Crippen molar-refractivity contribution in [2.24, 2.45) is 0 Å². The Morgan fingerprint density at radius 1 is 1.06 bits per heavy atom. The number of aliphatic hydroxyl groups excluding tert-OH is 3. The molecule has 0 atom stereocenters. The van der Waals surface area contributed by atoms with E-state index < -0.39 is 5.97 Å². The summed E-state index contributed by atoms with van der Waals surface area (Å²) in [6.45, 7) is 4.69. The lowest BCUT2D eigenvalue weighted by atomic mass is 10.7. The first kappa shape index (κ1) is 21.3. The number of rotatable bonds is 8. The zero-order valence-corrected chi connectivity index (χ0v) is 10.0. The molecule has 0 aliphatic heterocycles. The van der Waals surface area contributed by atoms with E-state index in [-0.39, 0.29) is 13.2 Å². The minimum absolute atomic E-state index is 0.0417. The first-order chi connectivity index (χ1) is 8.18. The van der Waals surface area contributed by atoms with Crippen LogP contribution < -0.4 is 0 Å². The Morgan fingerprint density at radius 3 is 1.53 bits per heavy atom. The largest absolute Gasteiger partial charge is 0.478 e. The molecule has 0 radical (unpaired) electrons. The molecule has 0 aromatic heterocycles. The van der Waals surface area contributed by atoms with Gasteiger partial charge in [0.1, 0.15) is 0 Å². The maximum atomic E-state index is 9.25. The van der Waals surface area contributed by atoms with Crippen LogP contribution in [0.5, 0.6) is 0 Å². The molecule has 0 amide bonds. The molecule has 0 aromatic carbocycles. The predicted molar refractivity (Wildman–Crippen MR) is 61.8 cm³/mol. The van der Waals surface area contributed by atoms with E-state index in [1.54, 1.807) is 0 Å². The molecule has 0 spiro atoms. The Kier molecular flexibility index (Phi) is 30.5. The molecule has 0 saturated carbocycles. The molecule has 7 nitrogen and oxygen atoms in total. The van der Waals surface area contributed by atoms with Crippen LogP contribution in [0.25, 0.3) is 0 Å². The van der Waals surface area contributed by atoms with Gasteiger partial charge in [-0.15, -0.1) is 0 Å². The molecule has 104 valence electrons. The van der Waals surface area contributed by atoms with Crippen molar-refractivity contribution in [2.45, 2.75) is 0 Å². The van der Waals surface area contributed by atoms with E-state index in [1.807, 2.05) is 0 Å². The van der Waals surface area contributed by atoms with E-state index in [4.69, 9.17) is 29.9 Å². The van der Waals surface area contributed by atoms with E-state index in [9.17, 15) is 4.79 Å². The van der Waals surface area contributed by atoms with Gasteiger partial charge in [0.15, 0.2) is 0 Å². The highest BCUT2D eigenvalue weighted by atomic mass is 16.5. The lowest BCUT2D eigenvalue weighted by Gasteiger charge is -2.01. The van der Waals surface area contributed by atoms with Gasteiger partial charge in [0.05, 0.1) is 39.6 Å². The van der Waals surface area contributed by atoms with Crippen molar-refractivity contribution < 1.29 is 34.7 Å². The van der Waals surface area contributed by atoms with Crippen LogP contribution in [-0.4, -0.2) is 73.1 Å². The van der Waals surface area contributed by atoms with E-state index in [2.05, 4.69) is 6.58 Å². The van der Waals surface area contributed by atoms with Gasteiger partial charge < -0.3 is 29.9 Å². The van der Waals surface area contributed by atoms with Crippen LogP contribution >= 0.6 is 0 Å². The van der Waals surface area contributed by atoms with Crippen LogP contribution in [0.1, 0.15) is 0 Å². The second kappa shape index (κ2) is 24.3. The molecule has 0 unspecified atom stereocenters. The third-order valence-electron chi connectivity index (χ3n) is 1.02. The number of ether oxygens (including phenoxy) is 2. The van der Waals surface area contributed by atoms with E-state index in [0.29, 0.717) is 26.4 Å². The van der Waals surface area contributed by atoms with E-state index >= 15 is 0 Å². The SMILES string of the molecule is C=CC(=O)O.CO.OCCOCCOCCO. The van der Waals surface area contributed by atoms with Gasteiger partial charge in [0, 0.05) is 13.2 Å². The number of carboxylic acid groups (broad SMARTS) is 1. The second-order valence-corrected chi connectivity index (χ2v) is 2.21. The molecule has 0 heterocycles. The van der Waals surface area contributed by atoms with Crippen LogP contribution in [0, 0.1) is 0 Å². The van der Waals surface area contributed by atoms with Gasteiger partial charge in [-0.2, -0.15) is 0 Å². The average Bonchev–Trinajstić information content (AvgIpc) is 2.37. The molecule has 17 heavy (non-hydrogen) atoms. The minimum Gasteiger partial charge on any atom is -0.478 e. The summed E-state index contributed by atoms with van der Waals surface area (Å²) in [4.78, 5) is 9.25. The smallest absolute Gasteiger partial charge is 0.327 e. The fourth-order valence-corrected chi connectivity index (χ4v) is 0.451. The maximum Gasteiger partial charge on any atom is 0.327 e. The Bertz CT molecular complexity index is 142. The fourth-order valence-electron chi connectivity index (χ4n) is 0.451. The molecule has 0 aromatic rings. The molecule has 7 heteroatoms. The highest BCUT2D eigenvalue weighted by Gasteiger charge is 1.86. The summed E-state index contributed by atoms with van der Waals surface area (Å²) in [5, 5.41) is 31.1. The van der Waals surface area contributed by atoms with Crippen molar-refractivity contribution in [3.8, 4) is 0 Å². The molecule has 0 rings (SSSR count). The average molecular weight is 254 g/mol. The Labute approximate surface area is 101 Å². The fraction of sp³-hybridized carbons (Fsp3) is 0.700. The number of carbonyl (C=O) groups is 1. The quantitative estimate of drug-likeness (QED) is 0.320. The molecular formula is C10H22O7. The molecule has 0 fully saturated rings. The summed E-state index contributed by atoms with van der Waals surface area (Å²) in [5.74, 6) is -0.981. The summed E-state index contributed by atoms with van der Waals surface area (Å²) < 4.78 is 9.75. The lowest BCUT2D eigenvalue weighted by molar-refractivity contribution is -0.131. The first-order valence-corrected chi connectivity index (χ1v) is 4.86. The number of carboxylic acids is 1. The maximum absolute atomic E-state index is 9.25. The normalized spacial score (nSPS) is 8.24. The van der Waals surface area contributed by atoms with Gasteiger partial charge in [0.25, 0.3) is 0 Å². The van der Waals surface area contributed by atoms with Gasteiger partial charge in [-0.3, -0.25) is 0 Å². The summed E-state index contributed by atoms with van der Waals surface area (Å²) >= 11 is 0. The highest BCUT2D eigenvalue weighted by Crippen LogP contribution is 1.76. The van der Waals surface area contributed by atoms with Crippen molar-refractivity contribution in [2.75, 3.05) is 46.8 Å². The second-order valence-electron chi connectivity index (χ2n) is 2.21. The topological polar surface area (TPSA) is 116 Å². The van der Waals surface area contributed by atoms with Crippen molar-refractivity contribution in [3.63, 3.8) is 0 Å². The number of hydrogen-bond donors (Lipinski definition) is 4. The predicted octanol–water partition coefficient (Wildman–Crippen LogP) is -1.13. The van der Waals surface area contributed by atoms with Crippen LogP contribution in [0.4, 0.5) is 0 Å². The molecule has 4 N–H and O–H groups in total. The minimum atomic E-state index is -0.981. The van der Waals surface area contributed by atoms with Gasteiger partial charge >= 0.3 is 5.97 Å².